The second-order valence-corrected chi connectivity index (χ2v) is 6.16. The van der Waals surface area contributed by atoms with Crippen LogP contribution in [0.2, 0.25) is 0 Å². The van der Waals surface area contributed by atoms with Gasteiger partial charge in [-0.2, -0.15) is 0 Å². The van der Waals surface area contributed by atoms with Crippen LogP contribution in [0.1, 0.15) is 29.6 Å². The van der Waals surface area contributed by atoms with Crippen molar-refractivity contribution in [2.75, 3.05) is 7.11 Å². The summed E-state index contributed by atoms with van der Waals surface area (Å²) in [7, 11) is 1.34. The van der Waals surface area contributed by atoms with Gasteiger partial charge in [0, 0.05) is 12.1 Å². The summed E-state index contributed by atoms with van der Waals surface area (Å²) in [5.74, 6) is -0.724. The van der Waals surface area contributed by atoms with Crippen LogP contribution < -0.4 is 5.32 Å². The summed E-state index contributed by atoms with van der Waals surface area (Å²) in [4.78, 5) is 35.0. The number of rotatable bonds is 4. The molecule has 0 unspecified atom stereocenters. The lowest BCUT2D eigenvalue weighted by Crippen LogP contribution is -2.47. The molecule has 2 aliphatic carbocycles. The van der Waals surface area contributed by atoms with Gasteiger partial charge in [-0.25, -0.2) is 0 Å². The Morgan fingerprint density at radius 2 is 1.96 bits per heavy atom. The number of nitrogens with zero attached hydrogens (tertiary/aromatic N) is 1. The van der Waals surface area contributed by atoms with E-state index >= 15 is 0 Å². The van der Waals surface area contributed by atoms with Gasteiger partial charge in [0.25, 0.3) is 11.6 Å². The Labute approximate surface area is 133 Å². The summed E-state index contributed by atoms with van der Waals surface area (Å²) in [6, 6.07) is 5.51. The van der Waals surface area contributed by atoms with E-state index in [0.29, 0.717) is 0 Å². The van der Waals surface area contributed by atoms with Crippen molar-refractivity contribution in [2.24, 2.45) is 17.8 Å². The maximum Gasteiger partial charge on any atom is 0.311 e. The molecule has 1 amide bonds. The van der Waals surface area contributed by atoms with Gasteiger partial charge in [-0.15, -0.1) is 0 Å². The molecule has 23 heavy (non-hydrogen) atoms. The first-order valence-corrected chi connectivity index (χ1v) is 7.65. The molecule has 0 radical (unpaired) electrons. The average Bonchev–Trinajstić information content (AvgIpc) is 3.15. The van der Waals surface area contributed by atoms with Gasteiger partial charge in [0.05, 0.1) is 18.0 Å². The minimum atomic E-state index is -0.576. The maximum atomic E-state index is 12.5. The van der Waals surface area contributed by atoms with E-state index in [-0.39, 0.29) is 41.0 Å². The zero-order chi connectivity index (χ0) is 16.6. The number of benzene rings is 1. The first-order valence-electron chi connectivity index (χ1n) is 7.65. The fourth-order valence-electron chi connectivity index (χ4n) is 4.03. The lowest BCUT2D eigenvalue weighted by Gasteiger charge is -2.29. The number of hydrogen-bond donors (Lipinski definition) is 1. The van der Waals surface area contributed by atoms with Gasteiger partial charge in [-0.3, -0.25) is 19.7 Å². The number of hydrogen-bond acceptors (Lipinski definition) is 5. The molecule has 2 bridgehead atoms. The minimum absolute atomic E-state index is 0.0175. The number of fused-ring (bicyclic) bond motifs is 2. The van der Waals surface area contributed by atoms with Gasteiger partial charge < -0.3 is 10.1 Å². The van der Waals surface area contributed by atoms with Crippen molar-refractivity contribution in [3.05, 3.63) is 39.9 Å². The van der Waals surface area contributed by atoms with Crippen LogP contribution >= 0.6 is 0 Å². The standard InChI is InChI=1S/C16H18N2O5/c1-23-16(20)13-9-6-7-10(8-9)14(13)17-15(19)11-4-2-3-5-12(11)18(21)22/h2-5,9-10,13-14H,6-8H2,1H3,(H,17,19)/t9-,10-,13+,14-/m0/s1. The molecule has 0 aliphatic heterocycles. The Morgan fingerprint density at radius 1 is 1.26 bits per heavy atom. The Hall–Kier alpha value is -2.44. The highest BCUT2D eigenvalue weighted by molar-refractivity contribution is 5.98. The minimum Gasteiger partial charge on any atom is -0.469 e. The number of nitrogens with one attached hydrogen (secondary N) is 1. The van der Waals surface area contributed by atoms with Crippen LogP contribution in [-0.4, -0.2) is 30.0 Å². The van der Waals surface area contributed by atoms with E-state index in [1.807, 2.05) is 0 Å². The molecule has 7 nitrogen and oxygen atoms in total. The molecule has 0 saturated heterocycles. The normalized spacial score (nSPS) is 28.4. The van der Waals surface area contributed by atoms with Crippen molar-refractivity contribution in [3.8, 4) is 0 Å². The Bertz CT molecular complexity index is 660. The molecular weight excluding hydrogens is 300 g/mol. The number of carbonyl (C=O) groups is 2. The number of nitro groups is 1. The van der Waals surface area contributed by atoms with E-state index in [4.69, 9.17) is 4.74 Å². The second kappa shape index (κ2) is 5.98. The van der Waals surface area contributed by atoms with Crippen molar-refractivity contribution in [3.63, 3.8) is 0 Å². The summed E-state index contributed by atoms with van der Waals surface area (Å²) in [5.41, 5.74) is -0.216. The van der Waals surface area contributed by atoms with Crippen molar-refractivity contribution < 1.29 is 19.2 Å². The lowest BCUT2D eigenvalue weighted by molar-refractivity contribution is -0.385. The molecule has 1 N–H and O–H groups in total. The Morgan fingerprint density at radius 3 is 2.65 bits per heavy atom. The summed E-state index contributed by atoms with van der Waals surface area (Å²) in [6.07, 6.45) is 2.81. The molecule has 122 valence electrons. The highest BCUT2D eigenvalue weighted by Crippen LogP contribution is 2.49. The number of nitro benzene ring substituents is 1. The number of ether oxygens (including phenoxy) is 1. The Balaban J connectivity index is 1.82. The van der Waals surface area contributed by atoms with Crippen LogP contribution in [0.5, 0.6) is 0 Å². The number of para-hydroxylation sites is 1. The maximum absolute atomic E-state index is 12.5. The molecule has 2 saturated carbocycles. The molecule has 1 aromatic rings. The number of methoxy groups -OCH3 is 1. The van der Waals surface area contributed by atoms with E-state index in [1.54, 1.807) is 6.07 Å². The summed E-state index contributed by atoms with van der Waals surface area (Å²) in [5, 5.41) is 13.9. The summed E-state index contributed by atoms with van der Waals surface area (Å²) < 4.78 is 4.87. The first-order chi connectivity index (χ1) is 11.0. The molecule has 2 aliphatic rings. The van der Waals surface area contributed by atoms with Gasteiger partial charge >= 0.3 is 5.97 Å². The lowest BCUT2D eigenvalue weighted by atomic mass is 9.84. The van der Waals surface area contributed by atoms with Gasteiger partial charge in [0.2, 0.25) is 0 Å². The monoisotopic (exact) mass is 318 g/mol. The zero-order valence-electron chi connectivity index (χ0n) is 12.7. The van der Waals surface area contributed by atoms with E-state index in [9.17, 15) is 19.7 Å². The quantitative estimate of drug-likeness (QED) is 0.519. The average molecular weight is 318 g/mol. The van der Waals surface area contributed by atoms with Crippen molar-refractivity contribution in [2.45, 2.75) is 25.3 Å². The SMILES string of the molecule is COC(=O)[C@@H]1[C@H]2CC[C@@H](C2)[C@@H]1NC(=O)c1ccccc1[N+](=O)[O-]. The third kappa shape index (κ3) is 2.67. The zero-order valence-corrected chi connectivity index (χ0v) is 12.7. The van der Waals surface area contributed by atoms with Crippen LogP contribution in [0, 0.1) is 27.9 Å². The highest BCUT2D eigenvalue weighted by atomic mass is 16.6. The van der Waals surface area contributed by atoms with Crippen LogP contribution in [0.3, 0.4) is 0 Å². The molecule has 1 aromatic carbocycles. The number of carbonyl (C=O) groups excluding carboxylic acids is 2. The molecule has 3 rings (SSSR count). The van der Waals surface area contributed by atoms with Crippen LogP contribution in [0.4, 0.5) is 5.69 Å². The number of amides is 1. The fraction of sp³-hybridized carbons (Fsp3) is 0.500. The summed E-state index contributed by atoms with van der Waals surface area (Å²) in [6.45, 7) is 0. The van der Waals surface area contributed by atoms with Crippen LogP contribution in [-0.2, 0) is 9.53 Å². The van der Waals surface area contributed by atoms with Gasteiger partial charge in [-0.05, 0) is 37.2 Å². The number of esters is 1. The van der Waals surface area contributed by atoms with E-state index in [2.05, 4.69) is 5.32 Å². The predicted octanol–water partition coefficient (Wildman–Crippen LogP) is 1.91. The Kier molecular flexibility index (Phi) is 4.02. The first kappa shape index (κ1) is 15.5. The van der Waals surface area contributed by atoms with E-state index < -0.39 is 10.8 Å². The molecule has 4 atom stereocenters. The highest BCUT2D eigenvalue weighted by Gasteiger charge is 2.52. The van der Waals surface area contributed by atoms with E-state index in [1.165, 1.54) is 25.3 Å². The molecular formula is C16H18N2O5. The van der Waals surface area contributed by atoms with Gasteiger partial charge in [-0.1, -0.05) is 12.1 Å². The van der Waals surface area contributed by atoms with Gasteiger partial charge in [0.15, 0.2) is 0 Å². The third-order valence-electron chi connectivity index (χ3n) is 5.03. The largest absolute Gasteiger partial charge is 0.469 e. The topological polar surface area (TPSA) is 98.5 Å². The fourth-order valence-corrected chi connectivity index (χ4v) is 4.03. The summed E-state index contributed by atoms with van der Waals surface area (Å²) >= 11 is 0. The molecule has 0 aromatic heterocycles. The third-order valence-corrected chi connectivity index (χ3v) is 5.03. The van der Waals surface area contributed by atoms with Crippen molar-refractivity contribution in [1.29, 1.82) is 0 Å². The van der Waals surface area contributed by atoms with Gasteiger partial charge in [0.1, 0.15) is 5.56 Å². The smallest absolute Gasteiger partial charge is 0.311 e. The molecule has 2 fully saturated rings. The molecule has 0 spiro atoms. The van der Waals surface area contributed by atoms with Crippen LogP contribution in [0.15, 0.2) is 24.3 Å². The van der Waals surface area contributed by atoms with Crippen LogP contribution in [0.25, 0.3) is 0 Å². The predicted molar refractivity (Wildman–Crippen MR) is 80.7 cm³/mol. The second-order valence-electron chi connectivity index (χ2n) is 6.16. The van der Waals surface area contributed by atoms with E-state index in [0.717, 1.165) is 19.3 Å². The molecule has 7 heteroatoms. The van der Waals surface area contributed by atoms with Crippen molar-refractivity contribution in [1.82, 2.24) is 5.32 Å². The molecule has 0 heterocycles. The van der Waals surface area contributed by atoms with Crippen molar-refractivity contribution >= 4 is 17.6 Å².